The standard InChI is InChI=1S/C20H14S2/c1-2-8-18-15(5-1)6-3-9-19(18)20-13-12-17(22-20)11-10-16-7-4-14-21-16/h1-14H/b11-10+. The largest absolute Gasteiger partial charge is 0.144 e. The minimum Gasteiger partial charge on any atom is -0.144 e. The first kappa shape index (κ1) is 13.5. The Hall–Kier alpha value is -2.16. The summed E-state index contributed by atoms with van der Waals surface area (Å²) in [6.07, 6.45) is 4.38. The van der Waals surface area contributed by atoms with Crippen LogP contribution in [0.3, 0.4) is 0 Å². The average molecular weight is 318 g/mol. The molecule has 0 N–H and O–H groups in total. The lowest BCUT2D eigenvalue weighted by atomic mass is 10.0. The third-order valence-electron chi connectivity index (χ3n) is 3.64. The van der Waals surface area contributed by atoms with E-state index in [1.54, 1.807) is 11.3 Å². The molecule has 0 amide bonds. The van der Waals surface area contributed by atoms with Crippen molar-refractivity contribution in [3.05, 3.63) is 81.9 Å². The van der Waals surface area contributed by atoms with Gasteiger partial charge in [-0.05, 0) is 52.1 Å². The summed E-state index contributed by atoms with van der Waals surface area (Å²) in [6.45, 7) is 0. The zero-order valence-electron chi connectivity index (χ0n) is 11.9. The molecular weight excluding hydrogens is 304 g/mol. The molecule has 4 rings (SSSR count). The molecule has 0 fully saturated rings. The number of hydrogen-bond acceptors (Lipinski definition) is 2. The second-order valence-electron chi connectivity index (χ2n) is 5.08. The van der Waals surface area contributed by atoms with E-state index in [1.165, 1.54) is 31.0 Å². The summed E-state index contributed by atoms with van der Waals surface area (Å²) in [5.41, 5.74) is 1.32. The second-order valence-corrected chi connectivity index (χ2v) is 7.17. The summed E-state index contributed by atoms with van der Waals surface area (Å²) in [4.78, 5) is 3.90. The van der Waals surface area contributed by atoms with Crippen LogP contribution in [0.4, 0.5) is 0 Å². The summed E-state index contributed by atoms with van der Waals surface area (Å²) in [6, 6.07) is 23.7. The molecule has 0 aliphatic rings. The third-order valence-corrected chi connectivity index (χ3v) is 5.56. The highest BCUT2D eigenvalue weighted by molar-refractivity contribution is 7.16. The van der Waals surface area contributed by atoms with Crippen molar-refractivity contribution in [2.45, 2.75) is 0 Å². The van der Waals surface area contributed by atoms with Crippen molar-refractivity contribution in [1.29, 1.82) is 0 Å². The number of fused-ring (bicyclic) bond motifs is 1. The van der Waals surface area contributed by atoms with Gasteiger partial charge in [0.25, 0.3) is 0 Å². The van der Waals surface area contributed by atoms with E-state index in [2.05, 4.69) is 84.3 Å². The maximum Gasteiger partial charge on any atom is 0.0355 e. The minimum atomic E-state index is 1.29. The van der Waals surface area contributed by atoms with Crippen LogP contribution in [0.1, 0.15) is 9.75 Å². The van der Waals surface area contributed by atoms with Crippen LogP contribution >= 0.6 is 22.7 Å². The maximum atomic E-state index is 2.22. The van der Waals surface area contributed by atoms with E-state index in [4.69, 9.17) is 0 Å². The molecule has 0 radical (unpaired) electrons. The summed E-state index contributed by atoms with van der Waals surface area (Å²) in [7, 11) is 0. The summed E-state index contributed by atoms with van der Waals surface area (Å²) in [5.74, 6) is 0. The van der Waals surface area contributed by atoms with Crippen LogP contribution in [0.5, 0.6) is 0 Å². The molecule has 2 heteroatoms. The van der Waals surface area contributed by atoms with Gasteiger partial charge in [0, 0.05) is 14.6 Å². The van der Waals surface area contributed by atoms with Gasteiger partial charge >= 0.3 is 0 Å². The zero-order valence-corrected chi connectivity index (χ0v) is 13.5. The van der Waals surface area contributed by atoms with Crippen LogP contribution in [0.2, 0.25) is 0 Å². The fraction of sp³-hybridized carbons (Fsp3) is 0. The van der Waals surface area contributed by atoms with Gasteiger partial charge in [-0.2, -0.15) is 0 Å². The van der Waals surface area contributed by atoms with Gasteiger partial charge in [0.2, 0.25) is 0 Å². The number of rotatable bonds is 3. The lowest BCUT2D eigenvalue weighted by Gasteiger charge is -2.03. The maximum absolute atomic E-state index is 2.22. The summed E-state index contributed by atoms with van der Waals surface area (Å²) < 4.78 is 0. The lowest BCUT2D eigenvalue weighted by Crippen LogP contribution is -1.76. The molecule has 0 atom stereocenters. The monoisotopic (exact) mass is 318 g/mol. The predicted molar refractivity (Wildman–Crippen MR) is 101 cm³/mol. The highest BCUT2D eigenvalue weighted by Gasteiger charge is 2.05. The van der Waals surface area contributed by atoms with Crippen molar-refractivity contribution in [3.63, 3.8) is 0 Å². The van der Waals surface area contributed by atoms with Gasteiger partial charge in [-0.1, -0.05) is 48.5 Å². The second kappa shape index (κ2) is 5.91. The molecule has 0 unspecified atom stereocenters. The van der Waals surface area contributed by atoms with Crippen LogP contribution in [0, 0.1) is 0 Å². The van der Waals surface area contributed by atoms with Gasteiger partial charge in [0.05, 0.1) is 0 Å². The highest BCUT2D eigenvalue weighted by Crippen LogP contribution is 2.34. The number of thiophene rings is 2. The van der Waals surface area contributed by atoms with Crippen LogP contribution in [0.25, 0.3) is 33.4 Å². The fourth-order valence-corrected chi connectivity index (χ4v) is 4.15. The van der Waals surface area contributed by atoms with E-state index < -0.39 is 0 Å². The van der Waals surface area contributed by atoms with Crippen molar-refractivity contribution >= 4 is 45.6 Å². The Morgan fingerprint density at radius 1 is 0.682 bits per heavy atom. The van der Waals surface area contributed by atoms with E-state index in [-0.39, 0.29) is 0 Å². The lowest BCUT2D eigenvalue weighted by molar-refractivity contribution is 1.74. The number of hydrogen-bond donors (Lipinski definition) is 0. The molecule has 106 valence electrons. The Morgan fingerprint density at radius 3 is 2.45 bits per heavy atom. The topological polar surface area (TPSA) is 0 Å². The first-order chi connectivity index (χ1) is 10.9. The first-order valence-corrected chi connectivity index (χ1v) is 8.89. The van der Waals surface area contributed by atoms with Crippen LogP contribution in [0.15, 0.2) is 72.1 Å². The van der Waals surface area contributed by atoms with Crippen LogP contribution in [-0.4, -0.2) is 0 Å². The normalized spacial score (nSPS) is 11.5. The molecule has 0 saturated carbocycles. The SMILES string of the molecule is C(=C\c1ccc(-c2cccc3ccccc23)s1)/c1cccs1. The van der Waals surface area contributed by atoms with E-state index >= 15 is 0 Å². The van der Waals surface area contributed by atoms with Gasteiger partial charge in [-0.15, -0.1) is 22.7 Å². The zero-order chi connectivity index (χ0) is 14.8. The first-order valence-electron chi connectivity index (χ1n) is 7.20. The minimum absolute atomic E-state index is 1.29. The Labute approximate surface area is 138 Å². The van der Waals surface area contributed by atoms with E-state index in [1.807, 2.05) is 11.3 Å². The molecule has 0 bridgehead atoms. The smallest absolute Gasteiger partial charge is 0.0355 e. The number of benzene rings is 2. The quantitative estimate of drug-likeness (QED) is 0.389. The van der Waals surface area contributed by atoms with Gasteiger partial charge < -0.3 is 0 Å². The Bertz CT molecular complexity index is 922. The molecule has 0 spiro atoms. The van der Waals surface area contributed by atoms with Crippen molar-refractivity contribution in [2.24, 2.45) is 0 Å². The summed E-state index contributed by atoms with van der Waals surface area (Å²) in [5, 5.41) is 4.72. The van der Waals surface area contributed by atoms with Crippen molar-refractivity contribution in [2.75, 3.05) is 0 Å². The highest BCUT2D eigenvalue weighted by atomic mass is 32.1. The van der Waals surface area contributed by atoms with Gasteiger partial charge in [0.1, 0.15) is 0 Å². The predicted octanol–water partition coefficient (Wildman–Crippen LogP) is 6.80. The van der Waals surface area contributed by atoms with Crippen molar-refractivity contribution in [1.82, 2.24) is 0 Å². The molecule has 0 nitrogen and oxygen atoms in total. The fourth-order valence-electron chi connectivity index (χ4n) is 2.58. The van der Waals surface area contributed by atoms with Gasteiger partial charge in [0.15, 0.2) is 0 Å². The molecule has 0 aliphatic heterocycles. The van der Waals surface area contributed by atoms with Crippen LogP contribution in [-0.2, 0) is 0 Å². The van der Waals surface area contributed by atoms with Crippen molar-refractivity contribution < 1.29 is 0 Å². The molecule has 2 aromatic heterocycles. The van der Waals surface area contributed by atoms with E-state index in [0.717, 1.165) is 0 Å². The molecule has 2 heterocycles. The molecule has 0 aliphatic carbocycles. The Kier molecular flexibility index (Phi) is 3.63. The molecule has 4 aromatic rings. The molecule has 22 heavy (non-hydrogen) atoms. The van der Waals surface area contributed by atoms with E-state index in [0.29, 0.717) is 0 Å². The average Bonchev–Trinajstić information content (AvgIpc) is 3.24. The summed E-state index contributed by atoms with van der Waals surface area (Å²) >= 11 is 3.61. The Morgan fingerprint density at radius 2 is 1.55 bits per heavy atom. The third kappa shape index (κ3) is 2.63. The molecule has 2 aromatic carbocycles. The molecule has 0 saturated heterocycles. The molecular formula is C20H14S2. The van der Waals surface area contributed by atoms with Gasteiger partial charge in [-0.25, -0.2) is 0 Å². The Balaban J connectivity index is 1.71. The van der Waals surface area contributed by atoms with Gasteiger partial charge in [-0.3, -0.25) is 0 Å². The van der Waals surface area contributed by atoms with Crippen molar-refractivity contribution in [3.8, 4) is 10.4 Å². The van der Waals surface area contributed by atoms with Crippen LogP contribution < -0.4 is 0 Å². The van der Waals surface area contributed by atoms with E-state index in [9.17, 15) is 0 Å².